The zero-order valence-corrected chi connectivity index (χ0v) is 10.1. The summed E-state index contributed by atoms with van der Waals surface area (Å²) in [4.78, 5) is 14.3. The topological polar surface area (TPSA) is 79.1 Å². The van der Waals surface area contributed by atoms with Crippen LogP contribution in [0.4, 0.5) is 5.69 Å². The fourth-order valence-electron chi connectivity index (χ4n) is 2.31. The second-order valence-corrected chi connectivity index (χ2v) is 4.31. The third kappa shape index (κ3) is 1.74. The van der Waals surface area contributed by atoms with Gasteiger partial charge in [-0.15, -0.1) is 0 Å². The van der Waals surface area contributed by atoms with E-state index in [0.29, 0.717) is 11.3 Å². The summed E-state index contributed by atoms with van der Waals surface area (Å²) in [6, 6.07) is 14.8. The fourth-order valence-corrected chi connectivity index (χ4v) is 2.31. The van der Waals surface area contributed by atoms with Crippen molar-refractivity contribution in [3.63, 3.8) is 0 Å². The van der Waals surface area contributed by atoms with Crippen LogP contribution in [-0.2, 0) is 0 Å². The summed E-state index contributed by atoms with van der Waals surface area (Å²) in [7, 11) is 0. The minimum atomic E-state index is -0.991. The number of rotatable bonds is 2. The summed E-state index contributed by atoms with van der Waals surface area (Å²) in [5, 5.41) is 10.2. The molecule has 94 valence electrons. The van der Waals surface area contributed by atoms with Crippen molar-refractivity contribution in [2.75, 3.05) is 5.73 Å². The van der Waals surface area contributed by atoms with Crippen molar-refractivity contribution in [2.45, 2.75) is 0 Å². The lowest BCUT2D eigenvalue weighted by Gasteiger charge is -2.05. The molecule has 3 aromatic rings. The number of carboxylic acids is 1. The van der Waals surface area contributed by atoms with Gasteiger partial charge in [-0.2, -0.15) is 0 Å². The number of fused-ring (bicyclic) bond motifs is 1. The average Bonchev–Trinajstić information content (AvgIpc) is 2.79. The van der Waals surface area contributed by atoms with Crippen molar-refractivity contribution < 1.29 is 9.90 Å². The third-order valence-electron chi connectivity index (χ3n) is 3.15. The van der Waals surface area contributed by atoms with E-state index in [4.69, 9.17) is 5.73 Å². The number of nitrogens with one attached hydrogen (secondary N) is 1. The van der Waals surface area contributed by atoms with Gasteiger partial charge in [-0.1, -0.05) is 36.4 Å². The first-order valence-electron chi connectivity index (χ1n) is 5.87. The molecule has 0 fully saturated rings. The summed E-state index contributed by atoms with van der Waals surface area (Å²) < 4.78 is 0. The molecule has 3 rings (SSSR count). The SMILES string of the molecule is Nc1ccccc1-c1c(C(=O)O)[nH]c2ccccc12. The van der Waals surface area contributed by atoms with E-state index in [2.05, 4.69) is 4.98 Å². The largest absolute Gasteiger partial charge is 0.477 e. The summed E-state index contributed by atoms with van der Waals surface area (Å²) in [5.41, 5.74) is 8.86. The van der Waals surface area contributed by atoms with E-state index in [1.54, 1.807) is 6.07 Å². The number of nitrogen functional groups attached to an aromatic ring is 1. The minimum Gasteiger partial charge on any atom is -0.477 e. The van der Waals surface area contributed by atoms with E-state index in [1.165, 1.54) is 0 Å². The summed E-state index contributed by atoms with van der Waals surface area (Å²) in [5.74, 6) is -0.991. The van der Waals surface area contributed by atoms with Crippen LogP contribution in [0.2, 0.25) is 0 Å². The molecule has 1 heterocycles. The van der Waals surface area contributed by atoms with Crippen LogP contribution in [0.15, 0.2) is 48.5 Å². The lowest BCUT2D eigenvalue weighted by Crippen LogP contribution is -2.00. The maximum Gasteiger partial charge on any atom is 0.352 e. The molecule has 0 atom stereocenters. The summed E-state index contributed by atoms with van der Waals surface area (Å²) in [6.45, 7) is 0. The van der Waals surface area contributed by atoms with Crippen molar-refractivity contribution in [2.24, 2.45) is 0 Å². The Bertz CT molecular complexity index is 775. The van der Waals surface area contributed by atoms with Crippen LogP contribution in [0, 0.1) is 0 Å². The van der Waals surface area contributed by atoms with Crippen LogP contribution in [0.1, 0.15) is 10.5 Å². The second kappa shape index (κ2) is 4.17. The van der Waals surface area contributed by atoms with Crippen molar-refractivity contribution in [3.8, 4) is 11.1 Å². The smallest absolute Gasteiger partial charge is 0.352 e. The molecule has 2 aromatic carbocycles. The van der Waals surface area contributed by atoms with E-state index in [9.17, 15) is 9.90 Å². The molecule has 0 radical (unpaired) electrons. The van der Waals surface area contributed by atoms with Crippen LogP contribution in [-0.4, -0.2) is 16.1 Å². The fraction of sp³-hybridized carbons (Fsp3) is 0. The number of aromatic amines is 1. The first kappa shape index (κ1) is 11.3. The van der Waals surface area contributed by atoms with Crippen LogP contribution in [0.25, 0.3) is 22.0 Å². The monoisotopic (exact) mass is 252 g/mol. The van der Waals surface area contributed by atoms with Gasteiger partial charge in [-0.3, -0.25) is 0 Å². The molecular formula is C15H12N2O2. The van der Waals surface area contributed by atoms with Crippen molar-refractivity contribution in [1.82, 2.24) is 4.98 Å². The summed E-state index contributed by atoms with van der Waals surface area (Å²) in [6.07, 6.45) is 0. The Kier molecular flexibility index (Phi) is 2.49. The van der Waals surface area contributed by atoms with Crippen LogP contribution >= 0.6 is 0 Å². The van der Waals surface area contributed by atoms with E-state index in [-0.39, 0.29) is 5.69 Å². The summed E-state index contributed by atoms with van der Waals surface area (Å²) >= 11 is 0. The zero-order chi connectivity index (χ0) is 13.4. The Balaban J connectivity index is 2.42. The maximum absolute atomic E-state index is 11.4. The number of carboxylic acid groups (broad SMARTS) is 1. The normalized spacial score (nSPS) is 10.7. The number of benzene rings is 2. The number of anilines is 1. The van der Waals surface area contributed by atoms with Crippen molar-refractivity contribution >= 4 is 22.6 Å². The highest BCUT2D eigenvalue weighted by Gasteiger charge is 2.19. The molecule has 0 aliphatic rings. The lowest BCUT2D eigenvalue weighted by atomic mass is 10.0. The lowest BCUT2D eigenvalue weighted by molar-refractivity contribution is 0.0692. The van der Waals surface area contributed by atoms with Gasteiger partial charge in [-0.25, -0.2) is 4.79 Å². The number of para-hydroxylation sites is 2. The first-order valence-corrected chi connectivity index (χ1v) is 5.87. The first-order chi connectivity index (χ1) is 9.18. The molecule has 0 spiro atoms. The van der Waals surface area contributed by atoms with Gasteiger partial charge in [0.25, 0.3) is 0 Å². The molecule has 0 unspecified atom stereocenters. The molecule has 4 N–H and O–H groups in total. The standard InChI is InChI=1S/C15H12N2O2/c16-11-7-3-1-5-9(11)13-10-6-2-4-8-12(10)17-14(13)15(18)19/h1-8,17H,16H2,(H,18,19). The number of aromatic carboxylic acids is 1. The van der Waals surface area contributed by atoms with Gasteiger partial charge in [-0.05, 0) is 12.1 Å². The number of H-pyrrole nitrogens is 1. The number of nitrogens with two attached hydrogens (primary N) is 1. The second-order valence-electron chi connectivity index (χ2n) is 4.31. The van der Waals surface area contributed by atoms with Gasteiger partial charge in [0.05, 0.1) is 0 Å². The van der Waals surface area contributed by atoms with Gasteiger partial charge >= 0.3 is 5.97 Å². The Morgan fingerprint density at radius 2 is 1.74 bits per heavy atom. The minimum absolute atomic E-state index is 0.166. The van der Waals surface area contributed by atoms with Crippen LogP contribution < -0.4 is 5.73 Å². The zero-order valence-electron chi connectivity index (χ0n) is 10.1. The van der Waals surface area contributed by atoms with Crippen LogP contribution in [0.5, 0.6) is 0 Å². The van der Waals surface area contributed by atoms with Crippen LogP contribution in [0.3, 0.4) is 0 Å². The van der Waals surface area contributed by atoms with E-state index < -0.39 is 5.97 Å². The van der Waals surface area contributed by atoms with Crippen molar-refractivity contribution in [1.29, 1.82) is 0 Å². The number of aromatic nitrogens is 1. The Labute approximate surface area is 109 Å². The quantitative estimate of drug-likeness (QED) is 0.613. The Morgan fingerprint density at radius 3 is 2.47 bits per heavy atom. The predicted octanol–water partition coefficient (Wildman–Crippen LogP) is 3.12. The maximum atomic E-state index is 11.4. The molecule has 0 saturated heterocycles. The van der Waals surface area contributed by atoms with E-state index in [1.807, 2.05) is 42.5 Å². The average molecular weight is 252 g/mol. The molecule has 0 aliphatic heterocycles. The van der Waals surface area contributed by atoms with E-state index in [0.717, 1.165) is 16.5 Å². The molecule has 1 aromatic heterocycles. The highest BCUT2D eigenvalue weighted by Crippen LogP contribution is 2.35. The highest BCUT2D eigenvalue weighted by molar-refractivity contribution is 6.09. The van der Waals surface area contributed by atoms with Gasteiger partial charge < -0.3 is 15.8 Å². The number of hydrogen-bond donors (Lipinski definition) is 3. The molecule has 0 saturated carbocycles. The molecular weight excluding hydrogens is 240 g/mol. The van der Waals surface area contributed by atoms with Crippen molar-refractivity contribution in [3.05, 3.63) is 54.2 Å². The molecule has 4 heteroatoms. The van der Waals surface area contributed by atoms with Gasteiger partial charge in [0, 0.05) is 27.7 Å². The number of carbonyl (C=O) groups is 1. The Hall–Kier alpha value is -2.75. The van der Waals surface area contributed by atoms with Gasteiger partial charge in [0.1, 0.15) is 5.69 Å². The third-order valence-corrected chi connectivity index (χ3v) is 3.15. The molecule has 0 aliphatic carbocycles. The molecule has 19 heavy (non-hydrogen) atoms. The molecule has 4 nitrogen and oxygen atoms in total. The molecule has 0 amide bonds. The molecule has 0 bridgehead atoms. The van der Waals surface area contributed by atoms with E-state index >= 15 is 0 Å². The van der Waals surface area contributed by atoms with Gasteiger partial charge in [0.15, 0.2) is 0 Å². The highest BCUT2D eigenvalue weighted by atomic mass is 16.4. The Morgan fingerprint density at radius 1 is 1.05 bits per heavy atom. The van der Waals surface area contributed by atoms with Gasteiger partial charge in [0.2, 0.25) is 0 Å². The number of hydrogen-bond acceptors (Lipinski definition) is 2. The predicted molar refractivity (Wildman–Crippen MR) is 75.1 cm³/mol.